The van der Waals surface area contributed by atoms with Gasteiger partial charge in [-0.2, -0.15) is 0 Å². The van der Waals surface area contributed by atoms with Crippen LogP contribution in [0, 0.1) is 0 Å². The SMILES string of the molecule is Nc1cccc2c1cc(C(=O)NS(=O)(=O)c1cccs1)n2Cc1cccc(Cl)c1. The zero-order valence-corrected chi connectivity index (χ0v) is 17.4. The highest BCUT2D eigenvalue weighted by Gasteiger charge is 2.23. The molecule has 4 rings (SSSR count). The fourth-order valence-electron chi connectivity index (χ4n) is 3.12. The van der Waals surface area contributed by atoms with E-state index >= 15 is 0 Å². The molecule has 9 heteroatoms. The first-order chi connectivity index (χ1) is 13.8. The Bertz CT molecular complexity index is 1310. The Morgan fingerprint density at radius 1 is 1.10 bits per heavy atom. The van der Waals surface area contributed by atoms with Gasteiger partial charge in [0.05, 0.1) is 5.52 Å². The highest BCUT2D eigenvalue weighted by molar-refractivity contribution is 7.92. The van der Waals surface area contributed by atoms with E-state index in [2.05, 4.69) is 4.72 Å². The first kappa shape index (κ1) is 19.5. The monoisotopic (exact) mass is 445 g/mol. The van der Waals surface area contributed by atoms with Crippen LogP contribution >= 0.6 is 22.9 Å². The lowest BCUT2D eigenvalue weighted by Gasteiger charge is -2.12. The van der Waals surface area contributed by atoms with Gasteiger partial charge in [-0.25, -0.2) is 13.1 Å². The molecular formula is C20H16ClN3O3S2. The number of carbonyl (C=O) groups is 1. The highest BCUT2D eigenvalue weighted by atomic mass is 35.5. The molecule has 0 bridgehead atoms. The van der Waals surface area contributed by atoms with Gasteiger partial charge in [0.1, 0.15) is 9.90 Å². The van der Waals surface area contributed by atoms with E-state index in [0.717, 1.165) is 22.4 Å². The van der Waals surface area contributed by atoms with Crippen molar-refractivity contribution in [1.82, 2.24) is 9.29 Å². The zero-order chi connectivity index (χ0) is 20.6. The normalized spacial score (nSPS) is 11.6. The number of carbonyl (C=O) groups excluding carboxylic acids is 1. The van der Waals surface area contributed by atoms with E-state index in [1.165, 1.54) is 6.07 Å². The first-order valence-corrected chi connectivity index (χ1v) is 11.3. The minimum absolute atomic E-state index is 0.0721. The van der Waals surface area contributed by atoms with E-state index in [-0.39, 0.29) is 9.90 Å². The molecule has 0 aliphatic carbocycles. The summed E-state index contributed by atoms with van der Waals surface area (Å²) in [5.74, 6) is -0.726. The second kappa shape index (κ2) is 7.55. The van der Waals surface area contributed by atoms with Crippen LogP contribution in [0.4, 0.5) is 5.69 Å². The Morgan fingerprint density at radius 2 is 1.90 bits per heavy atom. The number of fused-ring (bicyclic) bond motifs is 1. The molecule has 0 aliphatic rings. The van der Waals surface area contributed by atoms with Gasteiger partial charge >= 0.3 is 0 Å². The summed E-state index contributed by atoms with van der Waals surface area (Å²) < 4.78 is 29.0. The summed E-state index contributed by atoms with van der Waals surface area (Å²) in [6, 6.07) is 17.3. The molecule has 148 valence electrons. The topological polar surface area (TPSA) is 94.2 Å². The predicted molar refractivity (Wildman–Crippen MR) is 116 cm³/mol. The lowest BCUT2D eigenvalue weighted by molar-refractivity contribution is 0.0973. The van der Waals surface area contributed by atoms with Gasteiger partial charge in [-0.1, -0.05) is 35.9 Å². The van der Waals surface area contributed by atoms with Gasteiger partial charge in [0.15, 0.2) is 0 Å². The quantitative estimate of drug-likeness (QED) is 0.452. The van der Waals surface area contributed by atoms with Crippen LogP contribution in [0.3, 0.4) is 0 Å². The van der Waals surface area contributed by atoms with Crippen LogP contribution in [0.2, 0.25) is 5.02 Å². The number of halogens is 1. The minimum atomic E-state index is -3.95. The van der Waals surface area contributed by atoms with Crippen molar-refractivity contribution in [3.05, 3.63) is 82.3 Å². The van der Waals surface area contributed by atoms with Crippen LogP contribution < -0.4 is 10.5 Å². The van der Waals surface area contributed by atoms with Gasteiger partial charge in [0.2, 0.25) is 0 Å². The summed E-state index contributed by atoms with van der Waals surface area (Å²) in [5, 5.41) is 2.88. The third kappa shape index (κ3) is 3.87. The molecule has 2 heterocycles. The molecule has 0 unspecified atom stereocenters. The van der Waals surface area contributed by atoms with Crippen LogP contribution in [0.5, 0.6) is 0 Å². The Balaban J connectivity index is 1.79. The van der Waals surface area contributed by atoms with Gasteiger partial charge in [0, 0.05) is 22.6 Å². The molecule has 2 aromatic heterocycles. The molecule has 0 saturated carbocycles. The third-order valence-electron chi connectivity index (χ3n) is 4.43. The van der Waals surface area contributed by atoms with Gasteiger partial charge in [-0.15, -0.1) is 11.3 Å². The largest absolute Gasteiger partial charge is 0.398 e. The number of nitrogens with two attached hydrogens (primary N) is 1. The van der Waals surface area contributed by atoms with Crippen molar-refractivity contribution in [1.29, 1.82) is 0 Å². The molecule has 0 aliphatic heterocycles. The number of sulfonamides is 1. The summed E-state index contributed by atoms with van der Waals surface area (Å²) in [6.45, 7) is 0.329. The predicted octanol–water partition coefficient (Wildman–Crippen LogP) is 4.11. The van der Waals surface area contributed by atoms with E-state index in [4.69, 9.17) is 17.3 Å². The van der Waals surface area contributed by atoms with Crippen molar-refractivity contribution in [3.8, 4) is 0 Å². The summed E-state index contributed by atoms with van der Waals surface area (Å²) in [7, 11) is -3.95. The average molecular weight is 446 g/mol. The van der Waals surface area contributed by atoms with Crippen LogP contribution in [-0.2, 0) is 16.6 Å². The molecule has 4 aromatic rings. The number of hydrogen-bond donors (Lipinski definition) is 2. The second-order valence-electron chi connectivity index (χ2n) is 6.39. The molecule has 2 aromatic carbocycles. The van der Waals surface area contributed by atoms with E-state index in [1.807, 2.05) is 18.2 Å². The van der Waals surface area contributed by atoms with Crippen LogP contribution in [0.25, 0.3) is 10.9 Å². The lowest BCUT2D eigenvalue weighted by Crippen LogP contribution is -2.31. The molecule has 29 heavy (non-hydrogen) atoms. The molecular weight excluding hydrogens is 430 g/mol. The van der Waals surface area contributed by atoms with Crippen LogP contribution in [0.15, 0.2) is 70.3 Å². The van der Waals surface area contributed by atoms with Gasteiger partial charge in [-0.05, 0) is 47.3 Å². The van der Waals surface area contributed by atoms with Crippen molar-refractivity contribution in [2.24, 2.45) is 0 Å². The zero-order valence-electron chi connectivity index (χ0n) is 15.0. The van der Waals surface area contributed by atoms with Crippen LogP contribution in [0.1, 0.15) is 16.1 Å². The maximum Gasteiger partial charge on any atom is 0.281 e. The maximum absolute atomic E-state index is 12.9. The van der Waals surface area contributed by atoms with Gasteiger partial charge in [0.25, 0.3) is 15.9 Å². The molecule has 1 amide bonds. The van der Waals surface area contributed by atoms with E-state index < -0.39 is 15.9 Å². The van der Waals surface area contributed by atoms with Gasteiger partial charge < -0.3 is 10.3 Å². The molecule has 0 spiro atoms. The lowest BCUT2D eigenvalue weighted by atomic mass is 10.2. The number of nitrogen functional groups attached to an aromatic ring is 1. The van der Waals surface area contributed by atoms with E-state index in [1.54, 1.807) is 46.3 Å². The van der Waals surface area contributed by atoms with Crippen molar-refractivity contribution in [3.63, 3.8) is 0 Å². The average Bonchev–Trinajstić information content (AvgIpc) is 3.31. The maximum atomic E-state index is 12.9. The number of anilines is 1. The number of benzene rings is 2. The fraction of sp³-hybridized carbons (Fsp3) is 0.0500. The fourth-order valence-corrected chi connectivity index (χ4v) is 5.29. The van der Waals surface area contributed by atoms with Crippen molar-refractivity contribution >= 4 is 55.5 Å². The molecule has 0 saturated heterocycles. The Morgan fingerprint density at radius 3 is 2.62 bits per heavy atom. The molecule has 0 radical (unpaired) electrons. The molecule has 3 N–H and O–H groups in total. The summed E-state index contributed by atoms with van der Waals surface area (Å²) in [6.07, 6.45) is 0. The van der Waals surface area contributed by atoms with E-state index in [0.29, 0.717) is 22.6 Å². The van der Waals surface area contributed by atoms with Crippen LogP contribution in [-0.4, -0.2) is 18.9 Å². The van der Waals surface area contributed by atoms with E-state index in [9.17, 15) is 13.2 Å². The highest BCUT2D eigenvalue weighted by Crippen LogP contribution is 2.27. The third-order valence-corrected chi connectivity index (χ3v) is 7.39. The van der Waals surface area contributed by atoms with Gasteiger partial charge in [-0.3, -0.25) is 4.79 Å². The summed E-state index contributed by atoms with van der Waals surface area (Å²) in [4.78, 5) is 12.9. The van der Waals surface area contributed by atoms with Crippen molar-refractivity contribution in [2.75, 3.05) is 5.73 Å². The Kier molecular flexibility index (Phi) is 5.08. The van der Waals surface area contributed by atoms with Crippen molar-refractivity contribution in [2.45, 2.75) is 10.8 Å². The minimum Gasteiger partial charge on any atom is -0.398 e. The summed E-state index contributed by atoms with van der Waals surface area (Å²) >= 11 is 7.13. The second-order valence-corrected chi connectivity index (χ2v) is 9.69. The Hall–Kier alpha value is -2.81. The molecule has 0 fully saturated rings. The first-order valence-electron chi connectivity index (χ1n) is 8.58. The molecule has 0 atom stereocenters. The standard InChI is InChI=1S/C20H16ClN3O3S2/c21-14-5-1-4-13(10-14)12-24-17-7-2-6-16(22)15(17)11-18(24)20(25)23-29(26,27)19-8-3-9-28-19/h1-11H,12,22H2,(H,23,25). The smallest absolute Gasteiger partial charge is 0.281 e. The number of nitrogens with zero attached hydrogens (tertiary/aromatic N) is 1. The Labute approximate surface area is 176 Å². The number of amides is 1. The number of rotatable bonds is 5. The number of aromatic nitrogens is 1. The van der Waals surface area contributed by atoms with Crippen molar-refractivity contribution < 1.29 is 13.2 Å². The number of hydrogen-bond acceptors (Lipinski definition) is 5. The number of thiophene rings is 1. The number of nitrogens with one attached hydrogen (secondary N) is 1. The summed E-state index contributed by atoms with van der Waals surface area (Å²) in [5.41, 5.74) is 8.37. The molecule has 6 nitrogen and oxygen atoms in total.